The topological polar surface area (TPSA) is 78.9 Å². The summed E-state index contributed by atoms with van der Waals surface area (Å²) in [5.74, 6) is -0.860. The fourth-order valence-electron chi connectivity index (χ4n) is 10.2. The highest BCUT2D eigenvalue weighted by Crippen LogP contribution is 2.18. The van der Waals surface area contributed by atoms with Crippen LogP contribution in [0.3, 0.4) is 0 Å². The van der Waals surface area contributed by atoms with Crippen LogP contribution in [0.4, 0.5) is 0 Å². The molecule has 80 heavy (non-hydrogen) atoms. The van der Waals surface area contributed by atoms with Crippen molar-refractivity contribution in [2.75, 3.05) is 13.2 Å². The highest BCUT2D eigenvalue weighted by atomic mass is 16.6. The number of rotatable bonds is 64. The van der Waals surface area contributed by atoms with Gasteiger partial charge in [-0.05, 0) is 89.9 Å². The van der Waals surface area contributed by atoms with E-state index >= 15 is 0 Å². The van der Waals surface area contributed by atoms with Crippen molar-refractivity contribution in [3.8, 4) is 0 Å². The molecule has 0 rings (SSSR count). The minimum Gasteiger partial charge on any atom is -0.462 e. The second-order valence-corrected chi connectivity index (χ2v) is 23.4. The molecule has 1 unspecified atom stereocenters. The second kappa shape index (κ2) is 68.3. The van der Waals surface area contributed by atoms with E-state index in [1.807, 2.05) is 0 Å². The molecule has 464 valence electrons. The molecule has 0 radical (unpaired) electrons. The van der Waals surface area contributed by atoms with E-state index in [-0.39, 0.29) is 31.1 Å². The average molecular weight is 1120 g/mol. The van der Waals surface area contributed by atoms with Gasteiger partial charge in [-0.1, -0.05) is 325 Å². The lowest BCUT2D eigenvalue weighted by atomic mass is 10.0. The van der Waals surface area contributed by atoms with Gasteiger partial charge in [0.15, 0.2) is 6.10 Å². The zero-order valence-electron chi connectivity index (χ0n) is 53.3. The van der Waals surface area contributed by atoms with Crippen molar-refractivity contribution in [3.63, 3.8) is 0 Å². The quantitative estimate of drug-likeness (QED) is 0.0261. The molecule has 0 aromatic heterocycles. The van der Waals surface area contributed by atoms with Crippen LogP contribution in [0.1, 0.15) is 361 Å². The molecule has 6 heteroatoms. The van der Waals surface area contributed by atoms with Gasteiger partial charge >= 0.3 is 17.9 Å². The predicted octanol–water partition coefficient (Wildman–Crippen LogP) is 24.1. The second-order valence-electron chi connectivity index (χ2n) is 23.4. The minimum absolute atomic E-state index is 0.0750. The largest absolute Gasteiger partial charge is 0.462 e. The maximum Gasteiger partial charge on any atom is 0.306 e. The summed E-state index contributed by atoms with van der Waals surface area (Å²) >= 11 is 0. The first-order valence-corrected chi connectivity index (χ1v) is 34.9. The smallest absolute Gasteiger partial charge is 0.306 e. The number of carbonyl (C=O) groups is 3. The zero-order chi connectivity index (χ0) is 57.8. The van der Waals surface area contributed by atoms with Gasteiger partial charge in [-0.2, -0.15) is 0 Å². The third kappa shape index (κ3) is 65.7. The zero-order valence-corrected chi connectivity index (χ0v) is 53.3. The number of esters is 3. The standard InChI is InChI=1S/C74H132O6/c1-4-7-10-13-16-19-22-25-28-31-34-36-37-38-41-43-46-49-52-55-58-61-64-67-73(76)79-70-71(69-78-72(75)66-63-60-57-54-51-48-45-42-39-33-30-27-24-21-18-15-12-9-6-3)80-74(77)68-65-62-59-56-53-50-47-44-40-35-32-29-26-23-20-17-14-11-8-5-2/h7,10,16,18-19,21,25,27-28,30,34,36,71H,4-6,8-9,11-15,17,20,22-24,26,29,31-33,35,37-70H2,1-3H3/b10-7-,19-16-,21-18-,28-25-,30-27-,36-34-. The van der Waals surface area contributed by atoms with Crippen molar-refractivity contribution in [2.45, 2.75) is 367 Å². The van der Waals surface area contributed by atoms with E-state index in [4.69, 9.17) is 14.2 Å². The fraction of sp³-hybridized carbons (Fsp3) is 0.797. The minimum atomic E-state index is -0.779. The Bertz CT molecular complexity index is 1470. The summed E-state index contributed by atoms with van der Waals surface area (Å²) < 4.78 is 17.0. The molecule has 0 spiro atoms. The van der Waals surface area contributed by atoms with Crippen LogP contribution in [0.15, 0.2) is 72.9 Å². The molecular formula is C74H132O6. The summed E-state index contributed by atoms with van der Waals surface area (Å²) in [7, 11) is 0. The van der Waals surface area contributed by atoms with Crippen molar-refractivity contribution < 1.29 is 28.6 Å². The number of allylic oxidation sites excluding steroid dienone is 12. The van der Waals surface area contributed by atoms with Gasteiger partial charge in [0.1, 0.15) is 13.2 Å². The molecule has 0 aromatic rings. The normalized spacial score (nSPS) is 12.5. The Hall–Kier alpha value is -3.15. The molecule has 6 nitrogen and oxygen atoms in total. The Kier molecular flexibility index (Phi) is 65.7. The molecule has 0 N–H and O–H groups in total. The van der Waals surface area contributed by atoms with Crippen LogP contribution in [0, 0.1) is 0 Å². The first kappa shape index (κ1) is 76.9. The molecule has 0 bridgehead atoms. The fourth-order valence-corrected chi connectivity index (χ4v) is 10.2. The Balaban J connectivity index is 4.35. The van der Waals surface area contributed by atoms with Crippen molar-refractivity contribution in [2.24, 2.45) is 0 Å². The average Bonchev–Trinajstić information content (AvgIpc) is 3.46. The van der Waals surface area contributed by atoms with Crippen LogP contribution in [-0.4, -0.2) is 37.2 Å². The lowest BCUT2D eigenvalue weighted by molar-refractivity contribution is -0.167. The van der Waals surface area contributed by atoms with Crippen molar-refractivity contribution in [3.05, 3.63) is 72.9 Å². The van der Waals surface area contributed by atoms with Gasteiger partial charge in [-0.25, -0.2) is 0 Å². The SMILES string of the molecule is CC/C=C\C/C=C\C/C=C\C/C=C\CCCCCCCCCCCCC(=O)OCC(COC(=O)CCCCCCCCCCC/C=C\C/C=C\CCCCC)OC(=O)CCCCCCCCCCCCCCCCCCCCCC. The molecule has 0 aliphatic heterocycles. The molecule has 0 saturated heterocycles. The number of carbonyl (C=O) groups excluding carboxylic acids is 3. The molecule has 0 saturated carbocycles. The molecule has 0 aliphatic carbocycles. The highest BCUT2D eigenvalue weighted by Gasteiger charge is 2.19. The van der Waals surface area contributed by atoms with E-state index in [1.165, 1.54) is 231 Å². The number of unbranched alkanes of at least 4 members (excludes halogenated alkanes) is 41. The maximum absolute atomic E-state index is 13.0. The summed E-state index contributed by atoms with van der Waals surface area (Å²) in [4.78, 5) is 38.5. The number of hydrogen-bond donors (Lipinski definition) is 0. The van der Waals surface area contributed by atoms with Crippen molar-refractivity contribution >= 4 is 17.9 Å². The summed E-state index contributed by atoms with van der Waals surface area (Å²) in [5.41, 5.74) is 0. The summed E-state index contributed by atoms with van der Waals surface area (Å²) in [6, 6.07) is 0. The van der Waals surface area contributed by atoms with Gasteiger partial charge in [-0.15, -0.1) is 0 Å². The molecule has 1 atom stereocenters. The molecule has 0 heterocycles. The van der Waals surface area contributed by atoms with E-state index < -0.39 is 6.10 Å². The lowest BCUT2D eigenvalue weighted by Crippen LogP contribution is -2.30. The first-order valence-electron chi connectivity index (χ1n) is 34.9. The van der Waals surface area contributed by atoms with Crippen LogP contribution in [0.2, 0.25) is 0 Å². The van der Waals surface area contributed by atoms with Crippen LogP contribution < -0.4 is 0 Å². The van der Waals surface area contributed by atoms with Crippen LogP contribution in [0.25, 0.3) is 0 Å². The van der Waals surface area contributed by atoms with Crippen molar-refractivity contribution in [1.29, 1.82) is 0 Å². The Morgan fingerprint density at radius 3 is 0.787 bits per heavy atom. The van der Waals surface area contributed by atoms with E-state index in [0.29, 0.717) is 19.3 Å². The summed E-state index contributed by atoms with van der Waals surface area (Å²) in [6.45, 7) is 6.56. The van der Waals surface area contributed by atoms with Gasteiger partial charge in [-0.3, -0.25) is 14.4 Å². The third-order valence-electron chi connectivity index (χ3n) is 15.4. The Labute approximate surface area is 497 Å². The Morgan fingerprint density at radius 1 is 0.263 bits per heavy atom. The van der Waals surface area contributed by atoms with Crippen LogP contribution >= 0.6 is 0 Å². The summed E-state index contributed by atoms with van der Waals surface area (Å²) in [5, 5.41) is 0. The van der Waals surface area contributed by atoms with Crippen LogP contribution in [0.5, 0.6) is 0 Å². The number of hydrogen-bond acceptors (Lipinski definition) is 6. The van der Waals surface area contributed by atoms with E-state index in [0.717, 1.165) is 89.9 Å². The third-order valence-corrected chi connectivity index (χ3v) is 15.4. The van der Waals surface area contributed by atoms with Gasteiger partial charge in [0.2, 0.25) is 0 Å². The highest BCUT2D eigenvalue weighted by molar-refractivity contribution is 5.71. The van der Waals surface area contributed by atoms with E-state index in [2.05, 4.69) is 93.7 Å². The predicted molar refractivity (Wildman–Crippen MR) is 348 cm³/mol. The van der Waals surface area contributed by atoms with Gasteiger partial charge in [0.25, 0.3) is 0 Å². The van der Waals surface area contributed by atoms with Gasteiger partial charge in [0, 0.05) is 19.3 Å². The lowest BCUT2D eigenvalue weighted by Gasteiger charge is -2.18. The molecular weight excluding hydrogens is 985 g/mol. The van der Waals surface area contributed by atoms with Crippen molar-refractivity contribution in [1.82, 2.24) is 0 Å². The maximum atomic E-state index is 13.0. The molecule has 0 aliphatic rings. The monoisotopic (exact) mass is 1120 g/mol. The molecule has 0 fully saturated rings. The first-order chi connectivity index (χ1) is 39.5. The molecule has 0 aromatic carbocycles. The van der Waals surface area contributed by atoms with E-state index in [1.54, 1.807) is 0 Å². The Morgan fingerprint density at radius 2 is 0.487 bits per heavy atom. The van der Waals surface area contributed by atoms with E-state index in [9.17, 15) is 14.4 Å². The summed E-state index contributed by atoms with van der Waals surface area (Å²) in [6.07, 6.45) is 89.1. The molecule has 0 amide bonds. The number of ether oxygens (including phenoxy) is 3. The van der Waals surface area contributed by atoms with Gasteiger partial charge in [0.05, 0.1) is 0 Å². The van der Waals surface area contributed by atoms with Crippen LogP contribution in [-0.2, 0) is 28.6 Å². The van der Waals surface area contributed by atoms with Gasteiger partial charge < -0.3 is 14.2 Å².